The summed E-state index contributed by atoms with van der Waals surface area (Å²) in [6.07, 6.45) is 3.01. The van der Waals surface area contributed by atoms with Gasteiger partial charge in [-0.3, -0.25) is 4.79 Å². The number of rotatable bonds is 4. The van der Waals surface area contributed by atoms with E-state index in [0.717, 1.165) is 21.4 Å². The molecule has 1 amide bonds. The van der Waals surface area contributed by atoms with E-state index in [1.54, 1.807) is 0 Å². The molecule has 0 aliphatic rings. The van der Waals surface area contributed by atoms with Crippen LogP contribution in [0.1, 0.15) is 21.5 Å². The topological polar surface area (TPSA) is 66.9 Å². The lowest BCUT2D eigenvalue weighted by molar-refractivity contribution is 0.102. The maximum absolute atomic E-state index is 12.3. The maximum atomic E-state index is 12.3. The van der Waals surface area contributed by atoms with Gasteiger partial charge in [-0.25, -0.2) is 9.97 Å². The molecule has 6 heteroatoms. The number of halogens is 1. The second-order valence-electron chi connectivity index (χ2n) is 5.68. The van der Waals surface area contributed by atoms with Crippen LogP contribution < -0.4 is 10.6 Å². The Morgan fingerprint density at radius 2 is 1.72 bits per heavy atom. The molecule has 0 spiro atoms. The molecule has 5 nitrogen and oxygen atoms in total. The minimum Gasteiger partial charge on any atom is -0.324 e. The van der Waals surface area contributed by atoms with E-state index >= 15 is 0 Å². The molecule has 2 aromatic carbocycles. The van der Waals surface area contributed by atoms with Crippen LogP contribution in [0.15, 0.2) is 59.3 Å². The Balaban J connectivity index is 1.68. The Kier molecular flexibility index (Phi) is 5.09. The Bertz CT molecular complexity index is 910. The Labute approximate surface area is 154 Å². The first-order valence-corrected chi connectivity index (χ1v) is 8.54. The first-order chi connectivity index (χ1) is 12.0. The number of aryl methyl sites for hydroxylation is 2. The van der Waals surface area contributed by atoms with Gasteiger partial charge < -0.3 is 10.6 Å². The number of anilines is 3. The van der Waals surface area contributed by atoms with Crippen molar-refractivity contribution in [3.63, 3.8) is 0 Å². The van der Waals surface area contributed by atoms with Crippen molar-refractivity contribution in [2.45, 2.75) is 13.8 Å². The van der Waals surface area contributed by atoms with E-state index < -0.39 is 0 Å². The van der Waals surface area contributed by atoms with Gasteiger partial charge in [0, 0.05) is 28.2 Å². The van der Waals surface area contributed by atoms with Gasteiger partial charge in [-0.15, -0.1) is 0 Å². The lowest BCUT2D eigenvalue weighted by atomic mass is 10.1. The summed E-state index contributed by atoms with van der Waals surface area (Å²) in [6, 6.07) is 13.5. The van der Waals surface area contributed by atoms with Crippen molar-refractivity contribution in [3.05, 3.63) is 76.0 Å². The van der Waals surface area contributed by atoms with Gasteiger partial charge in [0.15, 0.2) is 0 Å². The Morgan fingerprint density at radius 1 is 0.960 bits per heavy atom. The summed E-state index contributed by atoms with van der Waals surface area (Å²) >= 11 is 3.41. The highest BCUT2D eigenvalue weighted by atomic mass is 79.9. The summed E-state index contributed by atoms with van der Waals surface area (Å²) < 4.78 is 0.960. The Hall–Kier alpha value is -2.73. The average molecular weight is 397 g/mol. The molecule has 0 fully saturated rings. The molecule has 126 valence electrons. The fourth-order valence-corrected chi connectivity index (χ4v) is 2.63. The van der Waals surface area contributed by atoms with E-state index in [4.69, 9.17) is 0 Å². The zero-order valence-electron chi connectivity index (χ0n) is 13.9. The SMILES string of the molecule is Cc1ccc(NC(=O)c2cnc(Nc3cccc(Br)c3)nc2)cc1C. The number of benzene rings is 2. The second kappa shape index (κ2) is 7.44. The predicted molar refractivity (Wildman–Crippen MR) is 103 cm³/mol. The molecule has 0 atom stereocenters. The van der Waals surface area contributed by atoms with Crippen molar-refractivity contribution in [1.29, 1.82) is 0 Å². The summed E-state index contributed by atoms with van der Waals surface area (Å²) in [4.78, 5) is 20.7. The van der Waals surface area contributed by atoms with Crippen molar-refractivity contribution in [3.8, 4) is 0 Å². The van der Waals surface area contributed by atoms with Gasteiger partial charge in [-0.2, -0.15) is 0 Å². The molecule has 3 rings (SSSR count). The van der Waals surface area contributed by atoms with Crippen molar-refractivity contribution in [1.82, 2.24) is 9.97 Å². The van der Waals surface area contributed by atoms with Crippen LogP contribution in [0.5, 0.6) is 0 Å². The maximum Gasteiger partial charge on any atom is 0.258 e. The molecule has 0 radical (unpaired) electrons. The van der Waals surface area contributed by atoms with E-state index in [1.165, 1.54) is 18.0 Å². The number of amides is 1. The van der Waals surface area contributed by atoms with E-state index in [-0.39, 0.29) is 5.91 Å². The van der Waals surface area contributed by atoms with Crippen LogP contribution in [-0.2, 0) is 0 Å². The van der Waals surface area contributed by atoms with Gasteiger partial charge in [0.2, 0.25) is 5.95 Å². The number of hydrogen-bond donors (Lipinski definition) is 2. The highest BCUT2D eigenvalue weighted by molar-refractivity contribution is 9.10. The van der Waals surface area contributed by atoms with Gasteiger partial charge in [0.1, 0.15) is 0 Å². The largest absolute Gasteiger partial charge is 0.324 e. The van der Waals surface area contributed by atoms with Crippen molar-refractivity contribution in [2.75, 3.05) is 10.6 Å². The molecular weight excluding hydrogens is 380 g/mol. The van der Waals surface area contributed by atoms with E-state index in [1.807, 2.05) is 56.3 Å². The third-order valence-corrected chi connectivity index (χ3v) is 4.25. The second-order valence-corrected chi connectivity index (χ2v) is 6.60. The molecular formula is C19H17BrN4O. The number of hydrogen-bond acceptors (Lipinski definition) is 4. The monoisotopic (exact) mass is 396 g/mol. The number of aromatic nitrogens is 2. The lowest BCUT2D eigenvalue weighted by Crippen LogP contribution is -2.13. The summed E-state index contributed by atoms with van der Waals surface area (Å²) in [5, 5.41) is 5.95. The molecule has 0 saturated carbocycles. The van der Waals surface area contributed by atoms with Crippen LogP contribution in [0.3, 0.4) is 0 Å². The number of nitrogens with zero attached hydrogens (tertiary/aromatic N) is 2. The predicted octanol–water partition coefficient (Wildman–Crippen LogP) is 4.85. The fraction of sp³-hybridized carbons (Fsp3) is 0.105. The van der Waals surface area contributed by atoms with Gasteiger partial charge in [-0.05, 0) is 55.3 Å². The quantitative estimate of drug-likeness (QED) is 0.661. The summed E-state index contributed by atoms with van der Waals surface area (Å²) in [7, 11) is 0. The van der Waals surface area contributed by atoms with Crippen molar-refractivity contribution < 1.29 is 4.79 Å². The van der Waals surface area contributed by atoms with Gasteiger partial charge in [-0.1, -0.05) is 28.1 Å². The summed E-state index contributed by atoms with van der Waals surface area (Å²) in [6.45, 7) is 4.04. The molecule has 0 bridgehead atoms. The van der Waals surface area contributed by atoms with Gasteiger partial charge >= 0.3 is 0 Å². The van der Waals surface area contributed by atoms with E-state index in [2.05, 4.69) is 36.5 Å². The minimum atomic E-state index is -0.239. The van der Waals surface area contributed by atoms with Crippen molar-refractivity contribution in [2.24, 2.45) is 0 Å². The number of carbonyl (C=O) groups is 1. The first-order valence-electron chi connectivity index (χ1n) is 7.74. The standard InChI is InChI=1S/C19H17BrN4O/c1-12-6-7-17(8-13(12)2)23-18(25)14-10-21-19(22-11-14)24-16-5-3-4-15(20)9-16/h3-11H,1-2H3,(H,23,25)(H,21,22,24). The number of nitrogens with one attached hydrogen (secondary N) is 2. The van der Waals surface area contributed by atoms with Crippen LogP contribution in [0, 0.1) is 13.8 Å². The molecule has 0 unspecified atom stereocenters. The normalized spacial score (nSPS) is 10.4. The average Bonchev–Trinajstić information content (AvgIpc) is 2.59. The van der Waals surface area contributed by atoms with Crippen LogP contribution in [0.2, 0.25) is 0 Å². The minimum absolute atomic E-state index is 0.239. The molecule has 0 saturated heterocycles. The third-order valence-electron chi connectivity index (χ3n) is 3.76. The molecule has 0 aliphatic carbocycles. The van der Waals surface area contributed by atoms with Crippen molar-refractivity contribution >= 4 is 39.2 Å². The van der Waals surface area contributed by atoms with E-state index in [9.17, 15) is 4.79 Å². The van der Waals surface area contributed by atoms with Crippen LogP contribution in [0.4, 0.5) is 17.3 Å². The van der Waals surface area contributed by atoms with Crippen LogP contribution >= 0.6 is 15.9 Å². The first kappa shape index (κ1) is 17.1. The lowest BCUT2D eigenvalue weighted by Gasteiger charge is -2.08. The highest BCUT2D eigenvalue weighted by Crippen LogP contribution is 2.19. The van der Waals surface area contributed by atoms with Crippen LogP contribution in [0.25, 0.3) is 0 Å². The molecule has 1 aromatic heterocycles. The third kappa shape index (κ3) is 4.42. The highest BCUT2D eigenvalue weighted by Gasteiger charge is 2.08. The zero-order chi connectivity index (χ0) is 17.8. The number of carbonyl (C=O) groups excluding carboxylic acids is 1. The summed E-state index contributed by atoms with van der Waals surface area (Å²) in [5.74, 6) is 0.193. The van der Waals surface area contributed by atoms with E-state index in [0.29, 0.717) is 11.5 Å². The molecule has 0 aliphatic heterocycles. The molecule has 2 N–H and O–H groups in total. The zero-order valence-corrected chi connectivity index (χ0v) is 15.5. The van der Waals surface area contributed by atoms with Gasteiger partial charge in [0.05, 0.1) is 5.56 Å². The molecule has 3 aromatic rings. The summed E-state index contributed by atoms with van der Waals surface area (Å²) in [5.41, 5.74) is 4.33. The molecule has 25 heavy (non-hydrogen) atoms. The smallest absolute Gasteiger partial charge is 0.258 e. The van der Waals surface area contributed by atoms with Gasteiger partial charge in [0.25, 0.3) is 5.91 Å². The van der Waals surface area contributed by atoms with Crippen LogP contribution in [-0.4, -0.2) is 15.9 Å². The Morgan fingerprint density at radius 3 is 2.40 bits per heavy atom. The fourth-order valence-electron chi connectivity index (χ4n) is 2.23. The molecule has 1 heterocycles.